The van der Waals surface area contributed by atoms with Gasteiger partial charge in [-0.3, -0.25) is 0 Å². The minimum Gasteiger partial charge on any atom is -0.396 e. The van der Waals surface area contributed by atoms with E-state index in [1.54, 1.807) is 0 Å². The van der Waals surface area contributed by atoms with E-state index in [1.165, 1.54) is 11.1 Å². The Bertz CT molecular complexity index is 315. The molecule has 1 atom stereocenters. The molecule has 1 unspecified atom stereocenters. The smallest absolute Gasteiger partial charge is 0.0514 e. The summed E-state index contributed by atoms with van der Waals surface area (Å²) >= 11 is 3.54. The highest BCUT2D eigenvalue weighted by Crippen LogP contribution is 2.27. The largest absolute Gasteiger partial charge is 0.396 e. The number of aliphatic hydroxyl groups excluding tert-OH is 1. The second-order valence-corrected chi connectivity index (χ2v) is 4.96. The van der Waals surface area contributed by atoms with Crippen LogP contribution in [0.25, 0.3) is 0 Å². The highest BCUT2D eigenvalue weighted by atomic mass is 79.9. The highest BCUT2D eigenvalue weighted by molar-refractivity contribution is 9.10. The zero-order valence-electron chi connectivity index (χ0n) is 9.47. The molecule has 0 fully saturated rings. The van der Waals surface area contributed by atoms with Gasteiger partial charge in [0, 0.05) is 17.6 Å². The fourth-order valence-corrected chi connectivity index (χ4v) is 2.29. The van der Waals surface area contributed by atoms with Gasteiger partial charge in [0.1, 0.15) is 0 Å². The average Bonchev–Trinajstić information content (AvgIpc) is 2.15. The van der Waals surface area contributed by atoms with Gasteiger partial charge in [-0.15, -0.1) is 0 Å². The third kappa shape index (κ3) is 3.50. The van der Waals surface area contributed by atoms with Gasteiger partial charge in [-0.05, 0) is 52.9 Å². The number of hydrogen-bond acceptors (Lipinski definition) is 2. The van der Waals surface area contributed by atoms with Crippen molar-refractivity contribution in [3.8, 4) is 0 Å². The van der Waals surface area contributed by atoms with Gasteiger partial charge in [0.2, 0.25) is 0 Å². The van der Waals surface area contributed by atoms with Crippen LogP contribution in [0.15, 0.2) is 16.6 Å². The van der Waals surface area contributed by atoms with Crippen LogP contribution in [0, 0.1) is 19.8 Å². The second kappa shape index (κ2) is 5.52. The predicted molar refractivity (Wildman–Crippen MR) is 68.4 cm³/mol. The van der Waals surface area contributed by atoms with E-state index in [1.807, 2.05) is 6.92 Å². The molecule has 1 rings (SSSR count). The van der Waals surface area contributed by atoms with Gasteiger partial charge in [-0.1, -0.05) is 13.0 Å². The van der Waals surface area contributed by atoms with E-state index >= 15 is 0 Å². The number of anilines is 1. The molecule has 0 radical (unpaired) electrons. The van der Waals surface area contributed by atoms with Crippen molar-refractivity contribution in [3.05, 3.63) is 27.7 Å². The van der Waals surface area contributed by atoms with E-state index < -0.39 is 0 Å². The minimum absolute atomic E-state index is 0.218. The minimum atomic E-state index is 0.218. The standard InChI is InChI=1S/C12H18BrNO/c1-8-4-10(3)12(11(13)5-8)14-6-9(2)7-15/h4-5,9,14-15H,6-7H2,1-3H3. The first-order valence-electron chi connectivity index (χ1n) is 5.16. The van der Waals surface area contributed by atoms with Crippen molar-refractivity contribution in [1.29, 1.82) is 0 Å². The SMILES string of the molecule is Cc1cc(C)c(NCC(C)CO)c(Br)c1. The number of aryl methyl sites for hydroxylation is 2. The molecular formula is C12H18BrNO. The molecule has 0 aliphatic carbocycles. The molecule has 0 saturated heterocycles. The summed E-state index contributed by atoms with van der Waals surface area (Å²) in [5.41, 5.74) is 3.60. The first-order chi connectivity index (χ1) is 7.04. The monoisotopic (exact) mass is 271 g/mol. The molecule has 15 heavy (non-hydrogen) atoms. The van der Waals surface area contributed by atoms with Crippen molar-refractivity contribution in [2.24, 2.45) is 5.92 Å². The molecular weight excluding hydrogens is 254 g/mol. The van der Waals surface area contributed by atoms with E-state index in [-0.39, 0.29) is 12.5 Å². The molecule has 0 aliphatic rings. The highest BCUT2D eigenvalue weighted by Gasteiger charge is 2.06. The summed E-state index contributed by atoms with van der Waals surface area (Å²) < 4.78 is 1.09. The van der Waals surface area contributed by atoms with Crippen LogP contribution in [0.1, 0.15) is 18.1 Å². The van der Waals surface area contributed by atoms with Gasteiger partial charge >= 0.3 is 0 Å². The summed E-state index contributed by atoms with van der Waals surface area (Å²) in [6.45, 7) is 7.19. The molecule has 1 aromatic carbocycles. The number of aliphatic hydroxyl groups is 1. The molecule has 1 aromatic rings. The zero-order valence-corrected chi connectivity index (χ0v) is 11.1. The first-order valence-corrected chi connectivity index (χ1v) is 5.95. The maximum atomic E-state index is 8.94. The van der Waals surface area contributed by atoms with Gasteiger partial charge in [-0.25, -0.2) is 0 Å². The maximum Gasteiger partial charge on any atom is 0.0514 e. The predicted octanol–water partition coefficient (Wildman–Crippen LogP) is 3.11. The lowest BCUT2D eigenvalue weighted by atomic mass is 10.1. The lowest BCUT2D eigenvalue weighted by molar-refractivity contribution is 0.244. The second-order valence-electron chi connectivity index (χ2n) is 4.11. The van der Waals surface area contributed by atoms with Gasteiger partial charge in [0.15, 0.2) is 0 Å². The molecule has 0 saturated carbocycles. The Hall–Kier alpha value is -0.540. The number of benzene rings is 1. The van der Waals surface area contributed by atoms with Crippen molar-refractivity contribution >= 4 is 21.6 Å². The lowest BCUT2D eigenvalue weighted by Crippen LogP contribution is -2.15. The zero-order chi connectivity index (χ0) is 11.4. The molecule has 0 amide bonds. The third-order valence-electron chi connectivity index (χ3n) is 2.37. The molecule has 2 N–H and O–H groups in total. The molecule has 84 valence electrons. The fourth-order valence-electron chi connectivity index (χ4n) is 1.48. The molecule has 0 aliphatic heterocycles. The van der Waals surface area contributed by atoms with Crippen molar-refractivity contribution in [1.82, 2.24) is 0 Å². The Morgan fingerprint density at radius 2 is 2.07 bits per heavy atom. The van der Waals surface area contributed by atoms with Crippen LogP contribution >= 0.6 is 15.9 Å². The van der Waals surface area contributed by atoms with Crippen LogP contribution in [-0.2, 0) is 0 Å². The number of hydrogen-bond donors (Lipinski definition) is 2. The number of rotatable bonds is 4. The molecule has 0 spiro atoms. The molecule has 0 aromatic heterocycles. The molecule has 2 nitrogen and oxygen atoms in total. The van der Waals surface area contributed by atoms with E-state index in [9.17, 15) is 0 Å². The van der Waals surface area contributed by atoms with Gasteiger partial charge in [0.05, 0.1) is 5.69 Å². The fraction of sp³-hybridized carbons (Fsp3) is 0.500. The van der Waals surface area contributed by atoms with Gasteiger partial charge in [0.25, 0.3) is 0 Å². The van der Waals surface area contributed by atoms with Crippen LogP contribution < -0.4 is 5.32 Å². The van der Waals surface area contributed by atoms with Crippen LogP contribution in [0.5, 0.6) is 0 Å². The van der Waals surface area contributed by atoms with Crippen LogP contribution in [0.4, 0.5) is 5.69 Å². The Morgan fingerprint density at radius 1 is 1.40 bits per heavy atom. The van der Waals surface area contributed by atoms with E-state index in [2.05, 4.69) is 47.2 Å². The Morgan fingerprint density at radius 3 is 2.60 bits per heavy atom. The van der Waals surface area contributed by atoms with E-state index in [4.69, 9.17) is 5.11 Å². The van der Waals surface area contributed by atoms with E-state index in [0.717, 1.165) is 16.7 Å². The normalized spacial score (nSPS) is 12.6. The summed E-state index contributed by atoms with van der Waals surface area (Å²) in [6.07, 6.45) is 0. The summed E-state index contributed by atoms with van der Waals surface area (Å²) in [5.74, 6) is 0.276. The third-order valence-corrected chi connectivity index (χ3v) is 3.00. The Labute approximate surface area is 99.8 Å². The summed E-state index contributed by atoms with van der Waals surface area (Å²) in [7, 11) is 0. The summed E-state index contributed by atoms with van der Waals surface area (Å²) in [4.78, 5) is 0. The van der Waals surface area contributed by atoms with Crippen molar-refractivity contribution in [3.63, 3.8) is 0 Å². The van der Waals surface area contributed by atoms with Gasteiger partial charge in [-0.2, -0.15) is 0 Å². The Kier molecular flexibility index (Phi) is 4.61. The first kappa shape index (κ1) is 12.5. The quantitative estimate of drug-likeness (QED) is 0.882. The van der Waals surface area contributed by atoms with Crippen LogP contribution in [0.3, 0.4) is 0 Å². The topological polar surface area (TPSA) is 32.3 Å². The molecule has 0 heterocycles. The van der Waals surface area contributed by atoms with Crippen LogP contribution in [0.2, 0.25) is 0 Å². The summed E-state index contributed by atoms with van der Waals surface area (Å²) in [5, 5.41) is 12.3. The van der Waals surface area contributed by atoms with Crippen LogP contribution in [-0.4, -0.2) is 18.3 Å². The van der Waals surface area contributed by atoms with E-state index in [0.29, 0.717) is 0 Å². The van der Waals surface area contributed by atoms with Crippen molar-refractivity contribution < 1.29 is 5.11 Å². The number of nitrogens with one attached hydrogen (secondary N) is 1. The maximum absolute atomic E-state index is 8.94. The molecule has 3 heteroatoms. The Balaban J connectivity index is 2.77. The average molecular weight is 272 g/mol. The van der Waals surface area contributed by atoms with Crippen molar-refractivity contribution in [2.45, 2.75) is 20.8 Å². The number of halogens is 1. The molecule has 0 bridgehead atoms. The lowest BCUT2D eigenvalue weighted by Gasteiger charge is -2.15. The van der Waals surface area contributed by atoms with Crippen molar-refractivity contribution in [2.75, 3.05) is 18.5 Å². The van der Waals surface area contributed by atoms with Gasteiger partial charge < -0.3 is 10.4 Å². The summed E-state index contributed by atoms with van der Waals surface area (Å²) in [6, 6.07) is 4.25.